The van der Waals surface area contributed by atoms with E-state index in [-0.39, 0.29) is 28.4 Å². The summed E-state index contributed by atoms with van der Waals surface area (Å²) in [6.45, 7) is 4.00. The number of Topliss-reactive ketones (excluding diaryl/α,β-unsaturated/α-hetero) is 1. The Bertz CT molecular complexity index is 1510. The SMILES string of the molecule is CC.CI.N[C@@H](Cc1cc(F)cc(F)c1)c1nc(Br)ccc1Br.O=C(Cc1cc(F)cc(F)c1)c1nc(Br)ccc1Br.[I][V]([I])[I]. The van der Waals surface area contributed by atoms with Gasteiger partial charge >= 0.3 is 64.9 Å². The van der Waals surface area contributed by atoms with E-state index in [0.717, 1.165) is 28.7 Å². The number of hydrogen-bond donors (Lipinski definition) is 1. The normalized spacial score (nSPS) is 10.5. The molecule has 0 aliphatic heterocycles. The monoisotopic (exact) mass is 1380 g/mol. The van der Waals surface area contributed by atoms with E-state index in [4.69, 9.17) is 5.73 Å². The number of ketones is 1. The van der Waals surface area contributed by atoms with E-state index >= 15 is 0 Å². The Labute approximate surface area is 351 Å². The van der Waals surface area contributed by atoms with Crippen LogP contribution in [0.3, 0.4) is 0 Å². The van der Waals surface area contributed by atoms with Crippen molar-refractivity contribution in [2.45, 2.75) is 32.7 Å². The Morgan fingerprint density at radius 2 is 1.13 bits per heavy atom. The third kappa shape index (κ3) is 19.8. The molecule has 4 aromatic rings. The Morgan fingerprint density at radius 1 is 0.739 bits per heavy atom. The molecule has 0 saturated heterocycles. The molecule has 0 saturated carbocycles. The molecule has 4 rings (SSSR count). The van der Waals surface area contributed by atoms with Crippen molar-refractivity contribution < 1.29 is 27.3 Å². The van der Waals surface area contributed by atoms with Crippen LogP contribution in [0.1, 0.15) is 47.2 Å². The van der Waals surface area contributed by atoms with Gasteiger partial charge in [-0.25, -0.2) is 27.5 Å². The number of rotatable bonds is 6. The Hall–Kier alpha value is 1.51. The van der Waals surface area contributed by atoms with Crippen molar-refractivity contribution in [3.05, 3.63) is 125 Å². The van der Waals surface area contributed by atoms with Crippen molar-refractivity contribution in [3.8, 4) is 0 Å². The zero-order valence-electron chi connectivity index (χ0n) is 24.1. The fraction of sp³-hybridized carbons (Fsp3) is 0.207. The van der Waals surface area contributed by atoms with Crippen molar-refractivity contribution in [3.63, 3.8) is 0 Å². The van der Waals surface area contributed by atoms with Gasteiger partial charge in [0.2, 0.25) is 0 Å². The van der Waals surface area contributed by atoms with Gasteiger partial charge in [-0.1, -0.05) is 36.4 Å². The molecule has 1 atom stereocenters. The van der Waals surface area contributed by atoms with Crippen molar-refractivity contribution in [1.29, 1.82) is 0 Å². The van der Waals surface area contributed by atoms with E-state index in [2.05, 4.69) is 156 Å². The number of halogens is 12. The second-order valence-electron chi connectivity index (χ2n) is 8.12. The molecular formula is C29H26Br4F4I4N3OV. The molecule has 2 N–H and O–H groups in total. The number of nitrogens with two attached hydrogens (primary N) is 1. The summed E-state index contributed by atoms with van der Waals surface area (Å²) >= 11 is 22.6. The van der Waals surface area contributed by atoms with E-state index in [1.54, 1.807) is 18.2 Å². The van der Waals surface area contributed by atoms with Crippen molar-refractivity contribution in [2.75, 3.05) is 4.93 Å². The van der Waals surface area contributed by atoms with Crippen molar-refractivity contribution in [1.82, 2.24) is 9.97 Å². The number of carbonyl (C=O) groups is 1. The van der Waals surface area contributed by atoms with Gasteiger partial charge in [-0.3, -0.25) is 4.79 Å². The summed E-state index contributed by atoms with van der Waals surface area (Å²) in [5.74, 6) is -2.95. The molecule has 0 fully saturated rings. The van der Waals surface area contributed by atoms with Crippen molar-refractivity contribution in [2.24, 2.45) is 5.73 Å². The summed E-state index contributed by atoms with van der Waals surface area (Å²) in [5.41, 5.74) is 7.67. The molecule has 2 aromatic heterocycles. The molecule has 0 aliphatic carbocycles. The molecule has 0 unspecified atom stereocenters. The first-order valence-electron chi connectivity index (χ1n) is 12.6. The Balaban J connectivity index is 0.000000719. The summed E-state index contributed by atoms with van der Waals surface area (Å²) in [6, 6.07) is 12.9. The summed E-state index contributed by atoms with van der Waals surface area (Å²) in [6.07, 6.45) is 0.188. The van der Waals surface area contributed by atoms with Crippen LogP contribution in [0.25, 0.3) is 0 Å². The summed E-state index contributed by atoms with van der Waals surface area (Å²) < 4.78 is 54.8. The van der Waals surface area contributed by atoms with Crippen LogP contribution in [0, 0.1) is 23.3 Å². The van der Waals surface area contributed by atoms with E-state index in [0.29, 0.717) is 31.4 Å². The minimum atomic E-state index is -0.705. The molecule has 0 radical (unpaired) electrons. The first-order chi connectivity index (χ1) is 21.6. The molecule has 0 bridgehead atoms. The van der Waals surface area contributed by atoms with Crippen molar-refractivity contribution >= 4 is 152 Å². The number of pyridine rings is 2. The number of benzene rings is 2. The van der Waals surface area contributed by atoms with Gasteiger partial charge in [0.25, 0.3) is 0 Å². The Kier molecular flexibility index (Phi) is 27.2. The average Bonchev–Trinajstić information content (AvgIpc) is 2.96. The van der Waals surface area contributed by atoms with Crippen LogP contribution < -0.4 is 5.73 Å². The molecule has 17 heteroatoms. The fourth-order valence-electron chi connectivity index (χ4n) is 3.37. The molecule has 2 aromatic carbocycles. The van der Waals surface area contributed by atoms with Gasteiger partial charge < -0.3 is 5.73 Å². The summed E-state index contributed by atoms with van der Waals surface area (Å²) in [5, 5.41) is 0. The zero-order chi connectivity index (χ0) is 35.6. The molecular weight excluding hydrogens is 1360 g/mol. The van der Waals surface area contributed by atoms with Gasteiger partial charge in [-0.15, -0.1) is 0 Å². The predicted octanol–water partition coefficient (Wildman–Crippen LogP) is 13.2. The number of carbonyl (C=O) groups excluding carboxylic acids is 1. The van der Waals surface area contributed by atoms with Crippen LogP contribution >= 0.6 is 146 Å². The third-order valence-corrected chi connectivity index (χ3v) is 7.13. The summed E-state index contributed by atoms with van der Waals surface area (Å²) in [4.78, 5) is 22.1. The number of aromatic nitrogens is 2. The first-order valence-corrected chi connectivity index (χ1v) is 31.5. The van der Waals surface area contributed by atoms with Gasteiger partial charge in [-0.05, 0) is 135 Å². The van der Waals surface area contributed by atoms with Gasteiger partial charge in [0, 0.05) is 27.5 Å². The van der Waals surface area contributed by atoms with Gasteiger partial charge in [0.1, 0.15) is 38.2 Å². The third-order valence-electron chi connectivity index (χ3n) is 4.93. The molecule has 2 heterocycles. The fourth-order valence-corrected chi connectivity index (χ4v) is 4.96. The van der Waals surface area contributed by atoms with Crippen LogP contribution in [0.4, 0.5) is 17.6 Å². The number of hydrogen-bond acceptors (Lipinski definition) is 4. The maximum absolute atomic E-state index is 13.1. The topological polar surface area (TPSA) is 68.9 Å². The van der Waals surface area contributed by atoms with Gasteiger partial charge in [-0.2, -0.15) is 0 Å². The second-order valence-corrected chi connectivity index (χ2v) is 46.8. The van der Waals surface area contributed by atoms with E-state index in [1.165, 1.54) is 12.1 Å². The van der Waals surface area contributed by atoms with Crippen LogP contribution in [0.15, 0.2) is 78.8 Å². The maximum atomic E-state index is 13.1. The van der Waals surface area contributed by atoms with Crippen LogP contribution in [0.2, 0.25) is 0 Å². The van der Waals surface area contributed by atoms with Gasteiger partial charge in [0.05, 0.1) is 11.7 Å². The predicted molar refractivity (Wildman–Crippen MR) is 224 cm³/mol. The average molecular weight is 1390 g/mol. The first kappa shape index (κ1) is 47.5. The number of alkyl halides is 1. The van der Waals surface area contributed by atoms with E-state index in [1.807, 2.05) is 24.8 Å². The van der Waals surface area contributed by atoms with Crippen LogP contribution in [-0.4, -0.2) is 20.7 Å². The zero-order valence-corrected chi connectivity index (χ0v) is 40.5. The molecule has 46 heavy (non-hydrogen) atoms. The molecule has 252 valence electrons. The molecule has 0 aliphatic rings. The minimum absolute atomic E-state index is 0.114. The molecule has 0 amide bonds. The molecule has 4 nitrogen and oxygen atoms in total. The van der Waals surface area contributed by atoms with Gasteiger partial charge in [0.15, 0.2) is 5.78 Å². The Morgan fingerprint density at radius 3 is 1.59 bits per heavy atom. The summed E-state index contributed by atoms with van der Waals surface area (Å²) in [7, 11) is 0. The van der Waals surface area contributed by atoms with Crippen LogP contribution in [0.5, 0.6) is 0 Å². The van der Waals surface area contributed by atoms with E-state index in [9.17, 15) is 22.4 Å². The van der Waals surface area contributed by atoms with E-state index < -0.39 is 29.3 Å². The quantitative estimate of drug-likeness (QED) is 0.0687. The number of nitrogens with zero attached hydrogens (tertiary/aromatic N) is 2. The second kappa shape index (κ2) is 26.3. The van der Waals surface area contributed by atoms with Crippen LogP contribution in [-0.2, 0) is 17.8 Å². The standard InChI is InChI=1S/C13H10Br2F2N2.C13H7Br2F2NO.C2H6.CH3I.3HI.V/c14-10-1-2-12(15)19-13(10)11(18)5-7-3-8(16)6-9(17)4-7;14-10-1-2-12(15)18-13(10)11(19)5-7-3-8(16)6-9(17)4-7;2*1-2;;;;/h1-4,6,11H,5,18H2;1-4,6H,5H2;1-2H3;1H3;3*1H;/q;;;;;;;+3/p-3/t11-;;;;;;;/m0......./s1. The molecule has 0 spiro atoms.